The zero-order chi connectivity index (χ0) is 12.2. The summed E-state index contributed by atoms with van der Waals surface area (Å²) in [5.41, 5.74) is 0. The van der Waals surface area contributed by atoms with Crippen LogP contribution in [-0.2, 0) is 14.3 Å². The number of carbonyl (C=O) groups excluding carboxylic acids is 2. The maximum atomic E-state index is 11.2. The molecule has 0 aliphatic carbocycles. The van der Waals surface area contributed by atoms with Gasteiger partial charge in [0.05, 0.1) is 13.2 Å². The highest BCUT2D eigenvalue weighted by molar-refractivity contribution is 5.78. The Morgan fingerprint density at radius 2 is 1.88 bits per heavy atom. The fourth-order valence-electron chi connectivity index (χ4n) is 1.15. The van der Waals surface area contributed by atoms with Crippen molar-refractivity contribution in [2.24, 2.45) is 0 Å². The Balaban J connectivity index is 3.20. The minimum atomic E-state index is 0.0788. The molecule has 0 aromatic carbocycles. The fraction of sp³-hybridized carbons (Fsp3) is 0.833. The van der Waals surface area contributed by atoms with Gasteiger partial charge in [0.25, 0.3) is 0 Å². The maximum absolute atomic E-state index is 11.2. The summed E-state index contributed by atoms with van der Waals surface area (Å²) in [6.45, 7) is 5.37. The molecular weight excluding hydrogens is 206 g/mol. The molecule has 0 unspecified atom stereocenters. The molecule has 0 aliphatic rings. The summed E-state index contributed by atoms with van der Waals surface area (Å²) in [7, 11) is 0. The molecule has 0 saturated heterocycles. The number of hydrogen-bond donors (Lipinski definition) is 1. The molecule has 0 aliphatic heterocycles. The SMILES string of the molecule is CCCCC(=O)NCCOCCC(=O)CC. The highest BCUT2D eigenvalue weighted by atomic mass is 16.5. The predicted octanol–water partition coefficient (Wildman–Crippen LogP) is 1.68. The second-order valence-electron chi connectivity index (χ2n) is 3.71. The van der Waals surface area contributed by atoms with Crippen molar-refractivity contribution in [3.63, 3.8) is 0 Å². The first-order valence-electron chi connectivity index (χ1n) is 6.06. The van der Waals surface area contributed by atoms with Gasteiger partial charge in [-0.05, 0) is 6.42 Å². The normalized spacial score (nSPS) is 10.1. The van der Waals surface area contributed by atoms with E-state index in [0.717, 1.165) is 12.8 Å². The van der Waals surface area contributed by atoms with Gasteiger partial charge in [-0.2, -0.15) is 0 Å². The number of nitrogens with one attached hydrogen (secondary N) is 1. The van der Waals surface area contributed by atoms with E-state index in [0.29, 0.717) is 39.0 Å². The summed E-state index contributed by atoms with van der Waals surface area (Å²) in [5.74, 6) is 0.294. The average Bonchev–Trinajstić information content (AvgIpc) is 2.30. The Morgan fingerprint density at radius 3 is 2.50 bits per heavy atom. The third-order valence-electron chi connectivity index (χ3n) is 2.25. The Bertz CT molecular complexity index is 204. The lowest BCUT2D eigenvalue weighted by molar-refractivity contribution is -0.122. The Morgan fingerprint density at radius 1 is 1.12 bits per heavy atom. The van der Waals surface area contributed by atoms with Gasteiger partial charge in [-0.25, -0.2) is 0 Å². The second kappa shape index (κ2) is 10.6. The van der Waals surface area contributed by atoms with E-state index >= 15 is 0 Å². The lowest BCUT2D eigenvalue weighted by atomic mass is 10.2. The number of hydrogen-bond acceptors (Lipinski definition) is 3. The Labute approximate surface area is 97.7 Å². The first kappa shape index (κ1) is 15.1. The van der Waals surface area contributed by atoms with Crippen molar-refractivity contribution in [2.45, 2.75) is 46.0 Å². The molecule has 0 radical (unpaired) electrons. The number of Topliss-reactive ketones (excluding diaryl/α,β-unsaturated/α-hetero) is 1. The maximum Gasteiger partial charge on any atom is 0.220 e. The lowest BCUT2D eigenvalue weighted by Gasteiger charge is -2.05. The van der Waals surface area contributed by atoms with Crippen LogP contribution in [0.2, 0.25) is 0 Å². The third-order valence-corrected chi connectivity index (χ3v) is 2.25. The van der Waals surface area contributed by atoms with E-state index < -0.39 is 0 Å². The molecule has 0 saturated carbocycles. The van der Waals surface area contributed by atoms with Gasteiger partial charge < -0.3 is 10.1 Å². The molecule has 94 valence electrons. The van der Waals surface area contributed by atoms with E-state index in [1.165, 1.54) is 0 Å². The average molecular weight is 229 g/mol. The Hall–Kier alpha value is -0.900. The largest absolute Gasteiger partial charge is 0.379 e. The van der Waals surface area contributed by atoms with Crippen LogP contribution >= 0.6 is 0 Å². The quantitative estimate of drug-likeness (QED) is 0.580. The summed E-state index contributed by atoms with van der Waals surface area (Å²) in [6, 6.07) is 0. The molecule has 0 heterocycles. The van der Waals surface area contributed by atoms with Crippen molar-refractivity contribution in [2.75, 3.05) is 19.8 Å². The summed E-state index contributed by atoms with van der Waals surface area (Å²) < 4.78 is 5.23. The molecule has 0 spiro atoms. The standard InChI is InChI=1S/C12H23NO3/c1-3-5-6-12(15)13-8-10-16-9-7-11(14)4-2/h3-10H2,1-2H3,(H,13,15). The molecule has 1 N–H and O–H groups in total. The monoisotopic (exact) mass is 229 g/mol. The van der Waals surface area contributed by atoms with Crippen molar-refractivity contribution in [3.05, 3.63) is 0 Å². The first-order chi connectivity index (χ1) is 7.70. The highest BCUT2D eigenvalue weighted by Crippen LogP contribution is 1.93. The van der Waals surface area contributed by atoms with E-state index in [-0.39, 0.29) is 11.7 Å². The van der Waals surface area contributed by atoms with Crippen molar-refractivity contribution in [1.82, 2.24) is 5.32 Å². The van der Waals surface area contributed by atoms with Crippen LogP contribution in [0.4, 0.5) is 0 Å². The van der Waals surface area contributed by atoms with E-state index in [9.17, 15) is 9.59 Å². The molecule has 0 aromatic rings. The minimum absolute atomic E-state index is 0.0788. The number of ketones is 1. The molecule has 1 amide bonds. The smallest absolute Gasteiger partial charge is 0.220 e. The van der Waals surface area contributed by atoms with Gasteiger partial charge in [-0.15, -0.1) is 0 Å². The van der Waals surface area contributed by atoms with E-state index in [4.69, 9.17) is 4.74 Å². The topological polar surface area (TPSA) is 55.4 Å². The van der Waals surface area contributed by atoms with Gasteiger partial charge in [0, 0.05) is 25.8 Å². The van der Waals surface area contributed by atoms with E-state index in [2.05, 4.69) is 12.2 Å². The number of unbranched alkanes of at least 4 members (excludes halogenated alkanes) is 1. The first-order valence-corrected chi connectivity index (χ1v) is 6.06. The van der Waals surface area contributed by atoms with Crippen molar-refractivity contribution in [1.29, 1.82) is 0 Å². The van der Waals surface area contributed by atoms with Crippen LogP contribution in [0.5, 0.6) is 0 Å². The van der Waals surface area contributed by atoms with Crippen LogP contribution in [-0.4, -0.2) is 31.4 Å². The zero-order valence-corrected chi connectivity index (χ0v) is 10.4. The Kier molecular flexibility index (Phi) is 10.0. The van der Waals surface area contributed by atoms with Gasteiger partial charge >= 0.3 is 0 Å². The molecule has 0 atom stereocenters. The molecule has 16 heavy (non-hydrogen) atoms. The van der Waals surface area contributed by atoms with Gasteiger partial charge in [-0.1, -0.05) is 20.3 Å². The second-order valence-corrected chi connectivity index (χ2v) is 3.71. The summed E-state index contributed by atoms with van der Waals surface area (Å²) >= 11 is 0. The van der Waals surface area contributed by atoms with Gasteiger partial charge in [0.1, 0.15) is 5.78 Å². The van der Waals surface area contributed by atoms with Gasteiger partial charge in [0.2, 0.25) is 5.91 Å². The number of ether oxygens (including phenoxy) is 1. The van der Waals surface area contributed by atoms with Crippen LogP contribution < -0.4 is 5.32 Å². The molecule has 0 rings (SSSR count). The third kappa shape index (κ3) is 9.65. The molecule has 0 fully saturated rings. The molecule has 0 bridgehead atoms. The van der Waals surface area contributed by atoms with E-state index in [1.54, 1.807) is 0 Å². The van der Waals surface area contributed by atoms with Crippen LogP contribution in [0.3, 0.4) is 0 Å². The number of carbonyl (C=O) groups is 2. The van der Waals surface area contributed by atoms with Crippen molar-refractivity contribution in [3.8, 4) is 0 Å². The van der Waals surface area contributed by atoms with Crippen molar-refractivity contribution < 1.29 is 14.3 Å². The predicted molar refractivity (Wildman–Crippen MR) is 63.3 cm³/mol. The molecule has 4 nitrogen and oxygen atoms in total. The van der Waals surface area contributed by atoms with Crippen LogP contribution in [0.1, 0.15) is 46.0 Å². The van der Waals surface area contributed by atoms with Gasteiger partial charge in [-0.3, -0.25) is 9.59 Å². The van der Waals surface area contributed by atoms with Crippen molar-refractivity contribution >= 4 is 11.7 Å². The van der Waals surface area contributed by atoms with E-state index in [1.807, 2.05) is 6.92 Å². The lowest BCUT2D eigenvalue weighted by Crippen LogP contribution is -2.27. The van der Waals surface area contributed by atoms with Gasteiger partial charge in [0.15, 0.2) is 0 Å². The summed E-state index contributed by atoms with van der Waals surface area (Å²) in [4.78, 5) is 22.1. The van der Waals surface area contributed by atoms with Crippen LogP contribution in [0, 0.1) is 0 Å². The van der Waals surface area contributed by atoms with Crippen LogP contribution in [0.15, 0.2) is 0 Å². The molecule has 4 heteroatoms. The molecule has 0 aromatic heterocycles. The number of amides is 1. The zero-order valence-electron chi connectivity index (χ0n) is 10.4. The highest BCUT2D eigenvalue weighted by Gasteiger charge is 2.00. The molecular formula is C12H23NO3. The summed E-state index contributed by atoms with van der Waals surface area (Å²) in [6.07, 6.45) is 3.59. The summed E-state index contributed by atoms with van der Waals surface area (Å²) in [5, 5.41) is 2.77. The fourth-order valence-corrected chi connectivity index (χ4v) is 1.15. The van der Waals surface area contributed by atoms with Crippen LogP contribution in [0.25, 0.3) is 0 Å². The number of rotatable bonds is 10. The minimum Gasteiger partial charge on any atom is -0.379 e.